The zero-order valence-corrected chi connectivity index (χ0v) is 16.1. The van der Waals surface area contributed by atoms with Crippen LogP contribution in [0.3, 0.4) is 0 Å². The number of benzene rings is 1. The summed E-state index contributed by atoms with van der Waals surface area (Å²) in [4.78, 5) is 7.26. The lowest BCUT2D eigenvalue weighted by Crippen LogP contribution is -2.51. The molecule has 26 heavy (non-hydrogen) atoms. The molecule has 1 atom stereocenters. The minimum absolute atomic E-state index is 0.114. The second-order valence-electron chi connectivity index (χ2n) is 7.97. The monoisotopic (exact) mass is 373 g/mol. The summed E-state index contributed by atoms with van der Waals surface area (Å²) in [6.45, 7) is 2.23. The summed E-state index contributed by atoms with van der Waals surface area (Å²) in [5.74, 6) is 0. The van der Waals surface area contributed by atoms with Gasteiger partial charge in [0.25, 0.3) is 0 Å². The van der Waals surface area contributed by atoms with Gasteiger partial charge in [0.15, 0.2) is 9.84 Å². The summed E-state index contributed by atoms with van der Waals surface area (Å²) >= 11 is 0. The molecule has 1 aromatic carbocycles. The second-order valence-corrected chi connectivity index (χ2v) is 9.99. The standard InChI is InChI=1S/C20H27N3O2S/c1-26(24,25)17-6-4-16(5-7-17)18-14-21-15-19(22-18)23-12-10-20(11-13-23)8-2-3-9-20/h4-7,14-15,19,22H,2-3,8-13H2,1H3. The number of hydrogen-bond donors (Lipinski definition) is 1. The predicted octanol–water partition coefficient (Wildman–Crippen LogP) is 3.04. The molecular formula is C20H27N3O2S. The maximum absolute atomic E-state index is 11.6. The van der Waals surface area contributed by atoms with Crippen LogP contribution < -0.4 is 5.32 Å². The van der Waals surface area contributed by atoms with Crippen LogP contribution in [0.4, 0.5) is 0 Å². The van der Waals surface area contributed by atoms with Gasteiger partial charge in [-0.2, -0.15) is 0 Å². The minimum Gasteiger partial charge on any atom is -0.363 e. The molecule has 1 saturated carbocycles. The van der Waals surface area contributed by atoms with E-state index >= 15 is 0 Å². The fourth-order valence-electron chi connectivity index (χ4n) is 4.56. The van der Waals surface area contributed by atoms with E-state index in [-0.39, 0.29) is 6.17 Å². The van der Waals surface area contributed by atoms with E-state index in [0.717, 1.165) is 24.4 Å². The molecule has 1 unspecified atom stereocenters. The fourth-order valence-corrected chi connectivity index (χ4v) is 5.19. The summed E-state index contributed by atoms with van der Waals surface area (Å²) in [5.41, 5.74) is 2.52. The Kier molecular flexibility index (Phi) is 4.65. The van der Waals surface area contributed by atoms with Crippen LogP contribution in [-0.2, 0) is 9.84 Å². The van der Waals surface area contributed by atoms with Crippen molar-refractivity contribution < 1.29 is 8.42 Å². The van der Waals surface area contributed by atoms with Crippen molar-refractivity contribution in [3.63, 3.8) is 0 Å². The fraction of sp³-hybridized carbons (Fsp3) is 0.550. The lowest BCUT2D eigenvalue weighted by atomic mass is 9.77. The van der Waals surface area contributed by atoms with E-state index in [1.54, 1.807) is 12.1 Å². The van der Waals surface area contributed by atoms with Crippen LogP contribution >= 0.6 is 0 Å². The van der Waals surface area contributed by atoms with Crippen LogP contribution in [-0.4, -0.2) is 45.0 Å². The third-order valence-corrected chi connectivity index (χ3v) is 7.37. The lowest BCUT2D eigenvalue weighted by Gasteiger charge is -2.42. The Hall–Kier alpha value is -1.66. The van der Waals surface area contributed by atoms with Crippen LogP contribution in [0.5, 0.6) is 0 Å². The summed E-state index contributed by atoms with van der Waals surface area (Å²) < 4.78 is 23.3. The van der Waals surface area contributed by atoms with Crippen molar-refractivity contribution in [1.29, 1.82) is 0 Å². The number of hydrogen-bond acceptors (Lipinski definition) is 5. The van der Waals surface area contributed by atoms with E-state index in [4.69, 9.17) is 0 Å². The highest BCUT2D eigenvalue weighted by molar-refractivity contribution is 7.90. The zero-order chi connectivity index (χ0) is 18.2. The molecule has 140 valence electrons. The van der Waals surface area contributed by atoms with Gasteiger partial charge in [-0.1, -0.05) is 25.0 Å². The number of nitrogens with one attached hydrogen (secondary N) is 1. The molecule has 2 heterocycles. The molecule has 1 saturated heterocycles. The van der Waals surface area contributed by atoms with Crippen LogP contribution in [0.15, 0.2) is 40.4 Å². The molecule has 6 heteroatoms. The molecule has 0 amide bonds. The molecule has 4 rings (SSSR count). The summed E-state index contributed by atoms with van der Waals surface area (Å²) in [7, 11) is -3.17. The van der Waals surface area contributed by atoms with Gasteiger partial charge >= 0.3 is 0 Å². The number of sulfone groups is 1. The van der Waals surface area contributed by atoms with E-state index in [2.05, 4.69) is 15.2 Å². The predicted molar refractivity (Wildman–Crippen MR) is 105 cm³/mol. The van der Waals surface area contributed by atoms with E-state index in [0.29, 0.717) is 10.3 Å². The van der Waals surface area contributed by atoms with Crippen LogP contribution in [0.2, 0.25) is 0 Å². The van der Waals surface area contributed by atoms with Gasteiger partial charge < -0.3 is 5.32 Å². The Balaban J connectivity index is 1.42. The van der Waals surface area contributed by atoms with E-state index < -0.39 is 9.84 Å². The Morgan fingerprint density at radius 2 is 1.73 bits per heavy atom. The van der Waals surface area contributed by atoms with Crippen molar-refractivity contribution in [3.05, 3.63) is 36.0 Å². The third kappa shape index (κ3) is 3.58. The quantitative estimate of drug-likeness (QED) is 0.885. The highest BCUT2D eigenvalue weighted by atomic mass is 32.2. The Morgan fingerprint density at radius 3 is 2.35 bits per heavy atom. The molecule has 1 aliphatic carbocycles. The van der Waals surface area contributed by atoms with Crippen LogP contribution in [0.25, 0.3) is 5.70 Å². The molecule has 2 aliphatic heterocycles. The largest absolute Gasteiger partial charge is 0.363 e. The average Bonchev–Trinajstić information content (AvgIpc) is 3.10. The first-order valence-corrected chi connectivity index (χ1v) is 11.4. The first kappa shape index (κ1) is 17.7. The van der Waals surface area contributed by atoms with Gasteiger partial charge in [0.05, 0.1) is 16.8 Å². The maximum atomic E-state index is 11.6. The van der Waals surface area contributed by atoms with Crippen LogP contribution in [0.1, 0.15) is 44.1 Å². The molecule has 0 radical (unpaired) electrons. The molecule has 0 aromatic heterocycles. The zero-order valence-electron chi connectivity index (χ0n) is 15.3. The molecular weight excluding hydrogens is 346 g/mol. The number of piperidine rings is 1. The average molecular weight is 374 g/mol. The Bertz CT molecular complexity index is 811. The molecule has 3 aliphatic rings. The normalized spacial score (nSPS) is 25.9. The molecule has 0 bridgehead atoms. The highest BCUT2D eigenvalue weighted by Gasteiger charge is 2.38. The van der Waals surface area contributed by atoms with Crippen molar-refractivity contribution in [3.8, 4) is 0 Å². The maximum Gasteiger partial charge on any atom is 0.175 e. The Labute approximate surface area is 156 Å². The van der Waals surface area contributed by atoms with Gasteiger partial charge in [-0.15, -0.1) is 0 Å². The van der Waals surface area contributed by atoms with Gasteiger partial charge in [-0.3, -0.25) is 9.89 Å². The van der Waals surface area contributed by atoms with Crippen LogP contribution in [0, 0.1) is 5.41 Å². The Morgan fingerprint density at radius 1 is 1.08 bits per heavy atom. The first-order valence-electron chi connectivity index (χ1n) is 9.50. The second kappa shape index (κ2) is 6.82. The minimum atomic E-state index is -3.17. The van der Waals surface area contributed by atoms with Gasteiger partial charge in [0.1, 0.15) is 6.17 Å². The summed E-state index contributed by atoms with van der Waals surface area (Å²) in [6, 6.07) is 7.00. The van der Waals surface area contributed by atoms with Gasteiger partial charge in [-0.25, -0.2) is 8.42 Å². The van der Waals surface area contributed by atoms with Gasteiger partial charge in [0, 0.05) is 25.6 Å². The molecule has 1 spiro atoms. The molecule has 5 nitrogen and oxygen atoms in total. The number of nitrogens with zero attached hydrogens (tertiary/aromatic N) is 2. The van der Waals surface area contributed by atoms with Crippen molar-refractivity contribution in [2.24, 2.45) is 10.4 Å². The summed E-state index contributed by atoms with van der Waals surface area (Å²) in [5, 5.41) is 3.56. The van der Waals surface area contributed by atoms with Crippen molar-refractivity contribution in [1.82, 2.24) is 10.2 Å². The molecule has 1 N–H and O–H groups in total. The van der Waals surface area contributed by atoms with E-state index in [9.17, 15) is 8.42 Å². The van der Waals surface area contributed by atoms with Crippen molar-refractivity contribution in [2.75, 3.05) is 19.3 Å². The van der Waals surface area contributed by atoms with Crippen molar-refractivity contribution >= 4 is 21.7 Å². The third-order valence-electron chi connectivity index (χ3n) is 6.24. The molecule has 1 aromatic rings. The number of rotatable bonds is 3. The van der Waals surface area contributed by atoms with Gasteiger partial charge in [-0.05, 0) is 48.8 Å². The summed E-state index contributed by atoms with van der Waals surface area (Å²) in [6.07, 6.45) is 13.3. The highest BCUT2D eigenvalue weighted by Crippen LogP contribution is 2.46. The molecule has 2 fully saturated rings. The van der Waals surface area contributed by atoms with Gasteiger partial charge in [0.2, 0.25) is 0 Å². The number of likely N-dealkylation sites (tertiary alicyclic amines) is 1. The topological polar surface area (TPSA) is 61.8 Å². The lowest BCUT2D eigenvalue weighted by molar-refractivity contribution is 0.0914. The first-order chi connectivity index (χ1) is 12.5. The van der Waals surface area contributed by atoms with E-state index in [1.165, 1.54) is 44.8 Å². The number of aliphatic imine (C=N–C) groups is 1. The van der Waals surface area contributed by atoms with E-state index in [1.807, 2.05) is 24.5 Å². The SMILES string of the molecule is CS(=O)(=O)c1ccc(C2=CN=CC(N3CCC4(CCCC4)CC3)N2)cc1. The van der Waals surface area contributed by atoms with Crippen molar-refractivity contribution in [2.45, 2.75) is 49.6 Å². The smallest absolute Gasteiger partial charge is 0.175 e.